The first kappa shape index (κ1) is 13.3. The highest BCUT2D eigenvalue weighted by Gasteiger charge is 2.38. The fraction of sp³-hybridized carbons (Fsp3) is 0.929. The van der Waals surface area contributed by atoms with Crippen LogP contribution in [0.1, 0.15) is 44.9 Å². The minimum Gasteiger partial charge on any atom is -0.334 e. The highest BCUT2D eigenvalue weighted by Crippen LogP contribution is 2.34. The topological polar surface area (TPSA) is 32.3 Å². The van der Waals surface area contributed by atoms with Crippen LogP contribution in [0.2, 0.25) is 0 Å². The van der Waals surface area contributed by atoms with Crippen LogP contribution in [0, 0.1) is 5.92 Å². The van der Waals surface area contributed by atoms with Gasteiger partial charge in [-0.05, 0) is 44.4 Å². The van der Waals surface area contributed by atoms with E-state index in [1.807, 2.05) is 0 Å². The Balaban J connectivity index is 1.54. The second kappa shape index (κ2) is 5.35. The van der Waals surface area contributed by atoms with Gasteiger partial charge in [0, 0.05) is 24.5 Å². The minimum absolute atomic E-state index is 0.0471. The smallest absolute Gasteiger partial charge is 0.255 e. The molecule has 0 spiro atoms. The van der Waals surface area contributed by atoms with E-state index in [2.05, 4.69) is 5.32 Å². The van der Waals surface area contributed by atoms with Gasteiger partial charge in [0.1, 0.15) is 0 Å². The van der Waals surface area contributed by atoms with Crippen molar-refractivity contribution < 1.29 is 13.6 Å². The van der Waals surface area contributed by atoms with E-state index >= 15 is 0 Å². The van der Waals surface area contributed by atoms with Crippen molar-refractivity contribution in [3.8, 4) is 0 Å². The number of hydrogen-bond donors (Lipinski definition) is 1. The first-order valence-electron chi connectivity index (χ1n) is 7.45. The Kier molecular flexibility index (Phi) is 3.74. The average Bonchev–Trinajstić information content (AvgIpc) is 3.12. The van der Waals surface area contributed by atoms with Gasteiger partial charge in [-0.15, -0.1) is 0 Å². The number of fused-ring (bicyclic) bond motifs is 2. The molecule has 0 aromatic rings. The average molecular weight is 272 g/mol. The molecule has 19 heavy (non-hydrogen) atoms. The van der Waals surface area contributed by atoms with Crippen molar-refractivity contribution in [2.45, 2.75) is 69.5 Å². The van der Waals surface area contributed by atoms with Gasteiger partial charge in [0.2, 0.25) is 5.91 Å². The summed E-state index contributed by atoms with van der Waals surface area (Å²) in [5.41, 5.74) is 0. The lowest BCUT2D eigenvalue weighted by Gasteiger charge is -2.31. The van der Waals surface area contributed by atoms with Crippen molar-refractivity contribution in [3.05, 3.63) is 0 Å². The number of carbonyl (C=O) groups is 1. The fourth-order valence-electron chi connectivity index (χ4n) is 3.70. The fourth-order valence-corrected chi connectivity index (χ4v) is 3.70. The molecule has 3 nitrogen and oxygen atoms in total. The third kappa shape index (κ3) is 3.25. The van der Waals surface area contributed by atoms with Crippen LogP contribution in [0.5, 0.6) is 0 Å². The van der Waals surface area contributed by atoms with Crippen LogP contribution in [0.4, 0.5) is 8.78 Å². The van der Waals surface area contributed by atoms with Crippen LogP contribution in [-0.4, -0.2) is 41.9 Å². The number of halogens is 2. The maximum absolute atomic E-state index is 12.5. The number of piperidine rings is 1. The summed E-state index contributed by atoms with van der Waals surface area (Å²) in [5, 5.41) is 3.55. The van der Waals surface area contributed by atoms with Crippen LogP contribution in [0.15, 0.2) is 0 Å². The molecular formula is C14H22F2N2O. The predicted octanol–water partition coefficient (Wildman–Crippen LogP) is 2.16. The largest absolute Gasteiger partial charge is 0.334 e. The molecule has 2 bridgehead atoms. The highest BCUT2D eigenvalue weighted by molar-refractivity contribution is 5.77. The van der Waals surface area contributed by atoms with Gasteiger partial charge in [0.05, 0.1) is 6.54 Å². The van der Waals surface area contributed by atoms with Gasteiger partial charge in [-0.2, -0.15) is 0 Å². The van der Waals surface area contributed by atoms with Crippen LogP contribution >= 0.6 is 0 Å². The Bertz CT molecular complexity index is 334. The summed E-state index contributed by atoms with van der Waals surface area (Å²) in [6, 6.07) is 1.21. The third-order valence-corrected chi connectivity index (χ3v) is 4.68. The zero-order valence-corrected chi connectivity index (χ0v) is 11.2. The van der Waals surface area contributed by atoms with Crippen LogP contribution in [0.3, 0.4) is 0 Å². The Morgan fingerprint density at radius 1 is 1.16 bits per heavy atom. The Morgan fingerprint density at radius 3 is 2.32 bits per heavy atom. The Morgan fingerprint density at radius 2 is 1.79 bits per heavy atom. The highest BCUT2D eigenvalue weighted by atomic mass is 19.3. The van der Waals surface area contributed by atoms with Crippen molar-refractivity contribution in [2.24, 2.45) is 5.92 Å². The molecule has 0 aromatic carbocycles. The lowest BCUT2D eigenvalue weighted by molar-refractivity contribution is -0.135. The SMILES string of the molecule is O=C(CC1CC2CCC(C1)N2)N(CC(F)F)C1CC1. The number of amides is 1. The maximum atomic E-state index is 12.5. The molecule has 3 aliphatic rings. The van der Waals surface area contributed by atoms with Gasteiger partial charge >= 0.3 is 0 Å². The molecule has 3 rings (SSSR count). The quantitative estimate of drug-likeness (QED) is 0.832. The molecule has 2 heterocycles. The Hall–Kier alpha value is -0.710. The van der Waals surface area contributed by atoms with E-state index in [0.717, 1.165) is 25.7 Å². The van der Waals surface area contributed by atoms with Gasteiger partial charge in [0.25, 0.3) is 6.43 Å². The first-order valence-corrected chi connectivity index (χ1v) is 7.45. The lowest BCUT2D eigenvalue weighted by atomic mass is 9.89. The molecule has 1 N–H and O–H groups in total. The van der Waals surface area contributed by atoms with E-state index < -0.39 is 6.43 Å². The monoisotopic (exact) mass is 272 g/mol. The van der Waals surface area contributed by atoms with E-state index in [1.54, 1.807) is 0 Å². The van der Waals surface area contributed by atoms with Gasteiger partial charge in [-0.1, -0.05) is 0 Å². The zero-order valence-electron chi connectivity index (χ0n) is 11.2. The van der Waals surface area contributed by atoms with Gasteiger partial charge in [-0.3, -0.25) is 4.79 Å². The second-order valence-electron chi connectivity index (χ2n) is 6.35. The minimum atomic E-state index is -2.41. The molecule has 2 unspecified atom stereocenters. The van der Waals surface area contributed by atoms with Gasteiger partial charge < -0.3 is 10.2 Å². The Labute approximate surface area is 112 Å². The van der Waals surface area contributed by atoms with Crippen LogP contribution in [0.25, 0.3) is 0 Å². The van der Waals surface area contributed by atoms with Crippen molar-refractivity contribution in [3.63, 3.8) is 0 Å². The number of alkyl halides is 2. The molecule has 2 atom stereocenters. The molecule has 0 aromatic heterocycles. The molecule has 2 saturated heterocycles. The van der Waals surface area contributed by atoms with Crippen molar-refractivity contribution in [2.75, 3.05) is 6.54 Å². The number of carbonyl (C=O) groups excluding carboxylic acids is 1. The summed E-state index contributed by atoms with van der Waals surface area (Å²) < 4.78 is 25.1. The first-order chi connectivity index (χ1) is 9.11. The second-order valence-corrected chi connectivity index (χ2v) is 6.35. The van der Waals surface area contributed by atoms with E-state index in [1.165, 1.54) is 17.7 Å². The van der Waals surface area contributed by atoms with Crippen molar-refractivity contribution >= 4 is 5.91 Å². The molecular weight excluding hydrogens is 250 g/mol. The lowest BCUT2D eigenvalue weighted by Crippen LogP contribution is -2.42. The van der Waals surface area contributed by atoms with Crippen molar-refractivity contribution in [1.82, 2.24) is 10.2 Å². The standard InChI is InChI=1S/C14H22F2N2O/c15-13(16)8-18(12-3-4-12)14(19)7-9-5-10-1-2-11(6-9)17-10/h9-13,17H,1-8H2. The maximum Gasteiger partial charge on any atom is 0.255 e. The molecule has 1 saturated carbocycles. The number of hydrogen-bond acceptors (Lipinski definition) is 2. The van der Waals surface area contributed by atoms with Gasteiger partial charge in [0.15, 0.2) is 0 Å². The zero-order chi connectivity index (χ0) is 13.4. The normalized spacial score (nSPS) is 33.7. The summed E-state index contributed by atoms with van der Waals surface area (Å²) in [6.45, 7) is -0.374. The van der Waals surface area contributed by atoms with E-state index in [0.29, 0.717) is 24.4 Å². The molecule has 2 aliphatic heterocycles. The van der Waals surface area contributed by atoms with E-state index in [9.17, 15) is 13.6 Å². The van der Waals surface area contributed by atoms with E-state index in [-0.39, 0.29) is 18.5 Å². The molecule has 1 amide bonds. The molecule has 0 radical (unpaired) electrons. The number of nitrogens with one attached hydrogen (secondary N) is 1. The van der Waals surface area contributed by atoms with Crippen LogP contribution < -0.4 is 5.32 Å². The number of nitrogens with zero attached hydrogens (tertiary/aromatic N) is 1. The summed E-state index contributed by atoms with van der Waals surface area (Å²) in [6.07, 6.45) is 4.35. The number of rotatable bonds is 5. The molecule has 3 fully saturated rings. The van der Waals surface area contributed by atoms with Crippen molar-refractivity contribution in [1.29, 1.82) is 0 Å². The predicted molar refractivity (Wildman–Crippen MR) is 68.0 cm³/mol. The summed E-state index contributed by atoms with van der Waals surface area (Å²) in [5.74, 6) is 0.347. The summed E-state index contributed by atoms with van der Waals surface area (Å²) >= 11 is 0. The third-order valence-electron chi connectivity index (χ3n) is 4.68. The molecule has 5 heteroatoms. The molecule has 108 valence electrons. The molecule has 1 aliphatic carbocycles. The van der Waals surface area contributed by atoms with Crippen LogP contribution in [-0.2, 0) is 4.79 Å². The summed E-state index contributed by atoms with van der Waals surface area (Å²) in [4.78, 5) is 13.7. The summed E-state index contributed by atoms with van der Waals surface area (Å²) in [7, 11) is 0. The van der Waals surface area contributed by atoms with Gasteiger partial charge in [-0.25, -0.2) is 8.78 Å². The van der Waals surface area contributed by atoms with E-state index in [4.69, 9.17) is 0 Å².